The van der Waals surface area contributed by atoms with Gasteiger partial charge in [-0.15, -0.1) is 0 Å². The number of hydrogen-bond donors (Lipinski definition) is 1. The fourth-order valence-corrected chi connectivity index (χ4v) is 3.60. The molecular weight excluding hydrogens is 266 g/mol. The number of nitrogens with zero attached hydrogens (tertiary/aromatic N) is 1. The molecule has 1 spiro atoms. The van der Waals surface area contributed by atoms with Crippen LogP contribution in [0.3, 0.4) is 0 Å². The van der Waals surface area contributed by atoms with Gasteiger partial charge in [-0.3, -0.25) is 14.5 Å². The SMILES string of the molecule is O=C1CC2(CCCCCC2)C(=O)N1c1ccc(CO)cc1. The summed E-state index contributed by atoms with van der Waals surface area (Å²) in [7, 11) is 0. The number of carbonyl (C=O) groups is 2. The number of hydrogen-bond acceptors (Lipinski definition) is 3. The van der Waals surface area contributed by atoms with Gasteiger partial charge in [0, 0.05) is 6.42 Å². The summed E-state index contributed by atoms with van der Waals surface area (Å²) in [6, 6.07) is 7.01. The predicted octanol–water partition coefficient (Wildman–Crippen LogP) is 2.78. The zero-order valence-corrected chi connectivity index (χ0v) is 12.2. The Labute approximate surface area is 124 Å². The summed E-state index contributed by atoms with van der Waals surface area (Å²) in [6.45, 7) is -0.0356. The molecule has 4 heteroatoms. The number of amides is 2. The number of aliphatic hydroxyl groups excluding tert-OH is 1. The highest BCUT2D eigenvalue weighted by atomic mass is 16.3. The van der Waals surface area contributed by atoms with Gasteiger partial charge in [0.2, 0.25) is 11.8 Å². The number of rotatable bonds is 2. The zero-order valence-electron chi connectivity index (χ0n) is 12.2. The molecular formula is C17H21NO3. The molecule has 0 aromatic heterocycles. The van der Waals surface area contributed by atoms with E-state index >= 15 is 0 Å². The van der Waals surface area contributed by atoms with Gasteiger partial charge < -0.3 is 5.11 Å². The van der Waals surface area contributed by atoms with E-state index in [0.29, 0.717) is 12.1 Å². The molecule has 1 heterocycles. The lowest BCUT2D eigenvalue weighted by Gasteiger charge is -2.25. The lowest BCUT2D eigenvalue weighted by atomic mass is 9.79. The fraction of sp³-hybridized carbons (Fsp3) is 0.529. The summed E-state index contributed by atoms with van der Waals surface area (Å²) in [6.07, 6.45) is 6.43. The molecule has 1 aromatic carbocycles. The van der Waals surface area contributed by atoms with E-state index in [4.69, 9.17) is 5.11 Å². The summed E-state index contributed by atoms with van der Waals surface area (Å²) in [5, 5.41) is 9.08. The summed E-state index contributed by atoms with van der Waals surface area (Å²) in [5.41, 5.74) is 0.953. The number of carbonyl (C=O) groups excluding carboxylic acids is 2. The third-order valence-electron chi connectivity index (χ3n) is 4.83. The first-order chi connectivity index (χ1) is 10.2. The Kier molecular flexibility index (Phi) is 3.81. The third-order valence-corrected chi connectivity index (χ3v) is 4.83. The van der Waals surface area contributed by atoms with Crippen molar-refractivity contribution in [3.05, 3.63) is 29.8 Å². The highest BCUT2D eigenvalue weighted by Crippen LogP contribution is 2.45. The summed E-state index contributed by atoms with van der Waals surface area (Å²) < 4.78 is 0. The van der Waals surface area contributed by atoms with E-state index in [2.05, 4.69) is 0 Å². The fourth-order valence-electron chi connectivity index (χ4n) is 3.60. The van der Waals surface area contributed by atoms with Crippen LogP contribution in [0.25, 0.3) is 0 Å². The van der Waals surface area contributed by atoms with Crippen LogP contribution in [0.5, 0.6) is 0 Å². The summed E-state index contributed by atoms with van der Waals surface area (Å²) in [5.74, 6) is -0.107. The molecule has 0 atom stereocenters. The van der Waals surface area contributed by atoms with E-state index in [1.54, 1.807) is 24.3 Å². The molecule has 0 bridgehead atoms. The van der Waals surface area contributed by atoms with Crippen molar-refractivity contribution in [2.75, 3.05) is 4.90 Å². The maximum absolute atomic E-state index is 12.9. The van der Waals surface area contributed by atoms with Crippen molar-refractivity contribution in [1.82, 2.24) is 0 Å². The van der Waals surface area contributed by atoms with Crippen LogP contribution in [0.4, 0.5) is 5.69 Å². The first-order valence-corrected chi connectivity index (χ1v) is 7.73. The van der Waals surface area contributed by atoms with Crippen molar-refractivity contribution in [3.8, 4) is 0 Å². The molecule has 2 aliphatic rings. The second kappa shape index (κ2) is 5.60. The van der Waals surface area contributed by atoms with Gasteiger partial charge >= 0.3 is 0 Å². The van der Waals surface area contributed by atoms with Crippen LogP contribution in [0.2, 0.25) is 0 Å². The van der Waals surface area contributed by atoms with E-state index in [9.17, 15) is 9.59 Å². The van der Waals surface area contributed by atoms with Gasteiger partial charge in [-0.1, -0.05) is 37.8 Å². The van der Waals surface area contributed by atoms with E-state index in [-0.39, 0.29) is 18.4 Å². The van der Waals surface area contributed by atoms with Crippen molar-refractivity contribution in [2.45, 2.75) is 51.6 Å². The summed E-state index contributed by atoms with van der Waals surface area (Å²) in [4.78, 5) is 26.6. The van der Waals surface area contributed by atoms with E-state index < -0.39 is 5.41 Å². The van der Waals surface area contributed by atoms with Crippen LogP contribution in [0.15, 0.2) is 24.3 Å². The van der Waals surface area contributed by atoms with Gasteiger partial charge in [0.25, 0.3) is 0 Å². The van der Waals surface area contributed by atoms with Crippen molar-refractivity contribution < 1.29 is 14.7 Å². The maximum atomic E-state index is 12.9. The van der Waals surface area contributed by atoms with Gasteiger partial charge in [-0.2, -0.15) is 0 Å². The van der Waals surface area contributed by atoms with Crippen molar-refractivity contribution >= 4 is 17.5 Å². The Balaban J connectivity index is 1.89. The Morgan fingerprint density at radius 3 is 2.19 bits per heavy atom. The average molecular weight is 287 g/mol. The Bertz CT molecular complexity index is 542. The van der Waals surface area contributed by atoms with Crippen LogP contribution in [-0.2, 0) is 16.2 Å². The molecule has 21 heavy (non-hydrogen) atoms. The maximum Gasteiger partial charge on any atom is 0.240 e. The molecule has 1 saturated carbocycles. The topological polar surface area (TPSA) is 57.6 Å². The minimum absolute atomic E-state index is 0.0221. The van der Waals surface area contributed by atoms with E-state index in [0.717, 1.165) is 44.1 Å². The molecule has 1 aliphatic carbocycles. The van der Waals surface area contributed by atoms with Crippen LogP contribution in [0.1, 0.15) is 50.5 Å². The first kappa shape index (κ1) is 14.3. The van der Waals surface area contributed by atoms with Crippen molar-refractivity contribution in [3.63, 3.8) is 0 Å². The molecule has 4 nitrogen and oxygen atoms in total. The van der Waals surface area contributed by atoms with Crippen LogP contribution in [0, 0.1) is 5.41 Å². The van der Waals surface area contributed by atoms with Gasteiger partial charge in [0.05, 0.1) is 17.7 Å². The largest absolute Gasteiger partial charge is 0.392 e. The second-order valence-electron chi connectivity index (χ2n) is 6.23. The predicted molar refractivity (Wildman–Crippen MR) is 79.6 cm³/mol. The molecule has 2 fully saturated rings. The average Bonchev–Trinajstić information content (AvgIpc) is 2.67. The number of aliphatic hydroxyl groups is 1. The number of anilines is 1. The van der Waals surface area contributed by atoms with Crippen molar-refractivity contribution in [1.29, 1.82) is 0 Å². The molecule has 3 rings (SSSR count). The standard InChI is InChI=1S/C17H21NO3/c19-12-13-5-7-14(8-6-13)18-15(20)11-17(16(18)21)9-3-1-2-4-10-17/h5-8,19H,1-4,9-12H2. The lowest BCUT2D eigenvalue weighted by Crippen LogP contribution is -2.35. The van der Waals surface area contributed by atoms with Crippen molar-refractivity contribution in [2.24, 2.45) is 5.41 Å². The molecule has 2 amide bonds. The van der Waals surface area contributed by atoms with E-state index in [1.807, 2.05) is 0 Å². The first-order valence-electron chi connectivity index (χ1n) is 7.73. The molecule has 0 unspecified atom stereocenters. The minimum Gasteiger partial charge on any atom is -0.392 e. The van der Waals surface area contributed by atoms with Crippen LogP contribution in [-0.4, -0.2) is 16.9 Å². The molecule has 1 aliphatic heterocycles. The molecule has 0 radical (unpaired) electrons. The smallest absolute Gasteiger partial charge is 0.240 e. The molecule has 1 aromatic rings. The third kappa shape index (κ3) is 2.48. The molecule has 1 saturated heterocycles. The van der Waals surface area contributed by atoms with Crippen LogP contribution < -0.4 is 4.90 Å². The molecule has 112 valence electrons. The Morgan fingerprint density at radius 1 is 1.00 bits per heavy atom. The number of imide groups is 1. The quantitative estimate of drug-likeness (QED) is 0.851. The van der Waals surface area contributed by atoms with Gasteiger partial charge in [-0.25, -0.2) is 0 Å². The normalized spacial score (nSPS) is 21.9. The highest BCUT2D eigenvalue weighted by molar-refractivity contribution is 6.22. The van der Waals surface area contributed by atoms with Crippen LogP contribution >= 0.6 is 0 Å². The van der Waals surface area contributed by atoms with Gasteiger partial charge in [-0.05, 0) is 30.5 Å². The van der Waals surface area contributed by atoms with Gasteiger partial charge in [0.15, 0.2) is 0 Å². The number of benzene rings is 1. The minimum atomic E-state index is -0.455. The highest BCUT2D eigenvalue weighted by Gasteiger charge is 2.51. The zero-order chi connectivity index (χ0) is 14.9. The van der Waals surface area contributed by atoms with E-state index in [1.165, 1.54) is 4.90 Å². The molecule has 1 N–H and O–H groups in total. The monoisotopic (exact) mass is 287 g/mol. The Hall–Kier alpha value is -1.68. The summed E-state index contributed by atoms with van der Waals surface area (Å²) >= 11 is 0. The Morgan fingerprint density at radius 2 is 1.62 bits per heavy atom. The van der Waals surface area contributed by atoms with Gasteiger partial charge in [0.1, 0.15) is 0 Å². The second-order valence-corrected chi connectivity index (χ2v) is 6.23. The lowest BCUT2D eigenvalue weighted by molar-refractivity contribution is -0.126.